The Labute approximate surface area is 121 Å². The average Bonchev–Trinajstić information content (AvgIpc) is 2.97. The maximum atomic E-state index is 12.5. The molecule has 4 heteroatoms. The van der Waals surface area contributed by atoms with Crippen molar-refractivity contribution in [1.29, 1.82) is 0 Å². The minimum absolute atomic E-state index is 0.0720. The first-order valence-electron chi connectivity index (χ1n) is 7.32. The highest BCUT2D eigenvalue weighted by Gasteiger charge is 2.28. The van der Waals surface area contributed by atoms with Gasteiger partial charge in [0, 0.05) is 19.6 Å². The number of hydrogen-bond donors (Lipinski definition) is 1. The van der Waals surface area contributed by atoms with Crippen molar-refractivity contribution in [2.24, 2.45) is 0 Å². The van der Waals surface area contributed by atoms with Gasteiger partial charge in [0.15, 0.2) is 6.10 Å². The Kier molecular flexibility index (Phi) is 5.01. The van der Waals surface area contributed by atoms with Crippen molar-refractivity contribution in [3.8, 4) is 5.75 Å². The number of aryl methyl sites for hydroxylation is 1. The number of likely N-dealkylation sites (N-methyl/N-ethyl adjacent to an activating group) is 1. The second kappa shape index (κ2) is 6.75. The Morgan fingerprint density at radius 3 is 2.95 bits per heavy atom. The first kappa shape index (κ1) is 14.9. The van der Waals surface area contributed by atoms with Crippen molar-refractivity contribution in [3.05, 3.63) is 29.8 Å². The third-order valence-electron chi connectivity index (χ3n) is 3.84. The molecule has 1 aromatic carbocycles. The van der Waals surface area contributed by atoms with Crippen molar-refractivity contribution < 1.29 is 9.53 Å². The molecule has 2 unspecified atom stereocenters. The Morgan fingerprint density at radius 1 is 1.55 bits per heavy atom. The largest absolute Gasteiger partial charge is 0.481 e. The fraction of sp³-hybridized carbons (Fsp3) is 0.562. The number of nitrogens with one attached hydrogen (secondary N) is 1. The van der Waals surface area contributed by atoms with Gasteiger partial charge in [0.25, 0.3) is 5.91 Å². The van der Waals surface area contributed by atoms with Crippen molar-refractivity contribution in [3.63, 3.8) is 0 Å². The standard InChI is InChI=1S/C16H24N2O2/c1-4-15(20-14-7-5-6-12(2)10-14)16(19)18(3)13-8-9-17-11-13/h5-7,10,13,15,17H,4,8-9,11H2,1-3H3. The van der Waals surface area contributed by atoms with E-state index < -0.39 is 6.10 Å². The predicted molar refractivity (Wildman–Crippen MR) is 79.9 cm³/mol. The van der Waals surface area contributed by atoms with Crippen LogP contribution in [-0.4, -0.2) is 43.1 Å². The monoisotopic (exact) mass is 276 g/mol. The maximum absolute atomic E-state index is 12.5. The lowest BCUT2D eigenvalue weighted by atomic mass is 10.1. The molecule has 1 N–H and O–H groups in total. The van der Waals surface area contributed by atoms with Crippen LogP contribution in [0.1, 0.15) is 25.3 Å². The van der Waals surface area contributed by atoms with Gasteiger partial charge in [-0.05, 0) is 44.0 Å². The molecule has 1 amide bonds. The van der Waals surface area contributed by atoms with Crippen LogP contribution in [0.3, 0.4) is 0 Å². The molecule has 2 rings (SSSR count). The highest BCUT2D eigenvalue weighted by molar-refractivity contribution is 5.81. The van der Waals surface area contributed by atoms with Gasteiger partial charge in [-0.3, -0.25) is 4.79 Å². The van der Waals surface area contributed by atoms with Crippen molar-refractivity contribution in [1.82, 2.24) is 10.2 Å². The second-order valence-electron chi connectivity index (χ2n) is 5.43. The SMILES string of the molecule is CCC(Oc1cccc(C)c1)C(=O)N(C)C1CCNC1. The van der Waals surface area contributed by atoms with Gasteiger partial charge < -0.3 is 15.0 Å². The Hall–Kier alpha value is -1.55. The maximum Gasteiger partial charge on any atom is 0.263 e. The quantitative estimate of drug-likeness (QED) is 0.894. The summed E-state index contributed by atoms with van der Waals surface area (Å²) < 4.78 is 5.88. The molecule has 20 heavy (non-hydrogen) atoms. The van der Waals surface area contributed by atoms with Crippen molar-refractivity contribution >= 4 is 5.91 Å². The molecule has 1 fully saturated rings. The lowest BCUT2D eigenvalue weighted by Gasteiger charge is -2.28. The molecule has 0 aromatic heterocycles. The molecule has 0 saturated carbocycles. The van der Waals surface area contributed by atoms with Crippen LogP contribution in [0.15, 0.2) is 24.3 Å². The highest BCUT2D eigenvalue weighted by Crippen LogP contribution is 2.17. The van der Waals surface area contributed by atoms with E-state index >= 15 is 0 Å². The normalized spacial score (nSPS) is 19.6. The first-order valence-corrected chi connectivity index (χ1v) is 7.32. The summed E-state index contributed by atoms with van der Waals surface area (Å²) in [5.74, 6) is 0.839. The molecule has 1 aliphatic heterocycles. The summed E-state index contributed by atoms with van der Waals surface area (Å²) in [5, 5.41) is 3.29. The molecule has 0 spiro atoms. The predicted octanol–water partition coefficient (Wildman–Crippen LogP) is 1.97. The molecule has 1 aromatic rings. The summed E-state index contributed by atoms with van der Waals surface area (Å²) in [6.45, 7) is 5.87. The zero-order valence-corrected chi connectivity index (χ0v) is 12.6. The summed E-state index contributed by atoms with van der Waals surface area (Å²) in [6.07, 6.45) is 1.29. The van der Waals surface area contributed by atoms with Crippen LogP contribution in [-0.2, 0) is 4.79 Å². The molecule has 0 radical (unpaired) electrons. The van der Waals surface area contributed by atoms with Crippen LogP contribution < -0.4 is 10.1 Å². The van der Waals surface area contributed by atoms with Crippen LogP contribution in [0.5, 0.6) is 5.75 Å². The molecule has 2 atom stereocenters. The molecular formula is C16H24N2O2. The van der Waals surface area contributed by atoms with Crippen LogP contribution in [0.4, 0.5) is 0 Å². The summed E-state index contributed by atoms with van der Waals surface area (Å²) in [7, 11) is 1.88. The van der Waals surface area contributed by atoms with Crippen LogP contribution in [0.2, 0.25) is 0 Å². The number of hydrogen-bond acceptors (Lipinski definition) is 3. The molecule has 1 heterocycles. The Bertz CT molecular complexity index is 456. The van der Waals surface area contributed by atoms with E-state index in [-0.39, 0.29) is 11.9 Å². The summed E-state index contributed by atoms with van der Waals surface area (Å²) in [4.78, 5) is 14.4. The summed E-state index contributed by atoms with van der Waals surface area (Å²) in [5.41, 5.74) is 1.14. The Balaban J connectivity index is 2.01. The molecule has 0 aliphatic carbocycles. The molecule has 1 saturated heterocycles. The molecule has 110 valence electrons. The van der Waals surface area contributed by atoms with E-state index in [4.69, 9.17) is 4.74 Å². The van der Waals surface area contributed by atoms with E-state index in [1.165, 1.54) is 0 Å². The third kappa shape index (κ3) is 3.51. The van der Waals surface area contributed by atoms with Gasteiger partial charge in [0.2, 0.25) is 0 Å². The summed E-state index contributed by atoms with van der Waals surface area (Å²) in [6, 6.07) is 8.13. The molecule has 0 bridgehead atoms. The van der Waals surface area contributed by atoms with Crippen molar-refractivity contribution in [2.75, 3.05) is 20.1 Å². The Morgan fingerprint density at radius 2 is 2.35 bits per heavy atom. The van der Waals surface area contributed by atoms with E-state index in [9.17, 15) is 4.79 Å². The van der Waals surface area contributed by atoms with Crippen LogP contribution >= 0.6 is 0 Å². The minimum Gasteiger partial charge on any atom is -0.481 e. The van der Waals surface area contributed by atoms with Gasteiger partial charge >= 0.3 is 0 Å². The van der Waals surface area contributed by atoms with Crippen LogP contribution in [0, 0.1) is 6.92 Å². The fourth-order valence-corrected chi connectivity index (χ4v) is 2.54. The third-order valence-corrected chi connectivity index (χ3v) is 3.84. The number of amides is 1. The second-order valence-corrected chi connectivity index (χ2v) is 5.43. The number of rotatable bonds is 5. The van der Waals surface area contributed by atoms with Crippen molar-refractivity contribution in [2.45, 2.75) is 38.8 Å². The van der Waals surface area contributed by atoms with E-state index in [1.807, 2.05) is 50.1 Å². The number of carbonyl (C=O) groups excluding carboxylic acids is 1. The number of carbonyl (C=O) groups is 1. The van der Waals surface area contributed by atoms with E-state index in [0.717, 1.165) is 30.8 Å². The van der Waals surface area contributed by atoms with E-state index in [0.29, 0.717) is 6.42 Å². The zero-order valence-electron chi connectivity index (χ0n) is 12.6. The van der Waals surface area contributed by atoms with Gasteiger partial charge in [-0.25, -0.2) is 0 Å². The molecule has 1 aliphatic rings. The van der Waals surface area contributed by atoms with Crippen LogP contribution in [0.25, 0.3) is 0 Å². The summed E-state index contributed by atoms with van der Waals surface area (Å²) >= 11 is 0. The lowest BCUT2D eigenvalue weighted by Crippen LogP contribution is -2.45. The first-order chi connectivity index (χ1) is 9.61. The number of nitrogens with zero attached hydrogens (tertiary/aromatic N) is 1. The van der Waals surface area contributed by atoms with Gasteiger partial charge in [-0.1, -0.05) is 19.1 Å². The number of benzene rings is 1. The minimum atomic E-state index is -0.401. The van der Waals surface area contributed by atoms with Gasteiger partial charge in [-0.2, -0.15) is 0 Å². The van der Waals surface area contributed by atoms with Gasteiger partial charge in [0.1, 0.15) is 5.75 Å². The van der Waals surface area contributed by atoms with E-state index in [2.05, 4.69) is 5.32 Å². The van der Waals surface area contributed by atoms with Gasteiger partial charge in [-0.15, -0.1) is 0 Å². The zero-order chi connectivity index (χ0) is 14.5. The number of ether oxygens (including phenoxy) is 1. The molecule has 4 nitrogen and oxygen atoms in total. The van der Waals surface area contributed by atoms with Gasteiger partial charge in [0.05, 0.1) is 0 Å². The lowest BCUT2D eigenvalue weighted by molar-refractivity contribution is -0.139. The fourth-order valence-electron chi connectivity index (χ4n) is 2.54. The average molecular weight is 276 g/mol. The molecular weight excluding hydrogens is 252 g/mol. The highest BCUT2D eigenvalue weighted by atomic mass is 16.5. The topological polar surface area (TPSA) is 41.6 Å². The van der Waals surface area contributed by atoms with E-state index in [1.54, 1.807) is 0 Å². The smallest absolute Gasteiger partial charge is 0.263 e.